The lowest BCUT2D eigenvalue weighted by Gasteiger charge is -2.75. The predicted octanol–water partition coefficient (Wildman–Crippen LogP) is 9.59. The summed E-state index contributed by atoms with van der Waals surface area (Å²) in [6.45, 7) is 12.5. The number of nitrogen functional groups attached to an aromatic ring is 1. The van der Waals surface area contributed by atoms with E-state index in [-0.39, 0.29) is 78.2 Å². The number of ether oxygens (including phenoxy) is 1. The number of nitrogens with one attached hydrogen (secondary N) is 2. The molecule has 11 heteroatoms. The van der Waals surface area contributed by atoms with E-state index in [1.54, 1.807) is 0 Å². The van der Waals surface area contributed by atoms with Gasteiger partial charge in [-0.2, -0.15) is 0 Å². The summed E-state index contributed by atoms with van der Waals surface area (Å²) < 4.78 is 6.80. The number of aliphatic hydroxyl groups is 4. The number of nitrogens with two attached hydrogens (primary N) is 1. The van der Waals surface area contributed by atoms with E-state index in [4.69, 9.17) is 10.5 Å². The first kappa shape index (κ1) is 53.5. The standard InChI is InChI=1S/C65H93N3O8/c1-58(75)21-7-8-22-59(2)56-60(3)35-63(57(59)74,43-25-39(32-67-6)26-45(71)29-43)23-24-64(56,68-37-58)36-65-42(34-70)18-17-40-16-15-38(33-69)27-47(40)48(54-50(19-20-53(60)65)61(65,4)31-52(54)73)30-51(72)55-62(5,76-55)49-14-10-13-46(49)41-11-9-12-44(66)28-41/h9,11-12,25-26,28-29,38,40,42,46-49,51,53,55-56,67-72,75H,7-8,10,13-24,27,30-37,66H2,1-6H3. The first-order valence-electron chi connectivity index (χ1n) is 30.4. The minimum Gasteiger partial charge on any atom is -0.508 e. The molecule has 7 saturated carbocycles. The van der Waals surface area contributed by atoms with Crippen molar-refractivity contribution >= 4 is 17.3 Å². The lowest BCUT2D eigenvalue weighted by atomic mass is 9.29. The third-order valence-corrected chi connectivity index (χ3v) is 24.9. The van der Waals surface area contributed by atoms with Gasteiger partial charge >= 0.3 is 0 Å². The Morgan fingerprint density at radius 3 is 2.43 bits per heavy atom. The van der Waals surface area contributed by atoms with E-state index >= 15 is 9.59 Å². The molecule has 9 fully saturated rings. The van der Waals surface area contributed by atoms with Gasteiger partial charge in [-0.05, 0) is 234 Å². The summed E-state index contributed by atoms with van der Waals surface area (Å²) in [5.74, 6) is 1.37. The molecule has 76 heavy (non-hydrogen) atoms. The van der Waals surface area contributed by atoms with Gasteiger partial charge in [-0.25, -0.2) is 0 Å². The number of β-amino-alcohol motifs (C(OH)–C–C–N with tert-alkyl or cyclic N) is 1. The molecule has 19 unspecified atom stereocenters. The number of fused-ring (bicyclic) bond motifs is 2. The highest BCUT2D eigenvalue weighted by Crippen LogP contribution is 2.82. The van der Waals surface area contributed by atoms with Crippen LogP contribution in [0.1, 0.15) is 186 Å². The largest absolute Gasteiger partial charge is 0.508 e. The van der Waals surface area contributed by atoms with E-state index < -0.39 is 49.9 Å². The fraction of sp³-hybridized carbons (Fsp3) is 0.754. The molecule has 2 aromatic carbocycles. The van der Waals surface area contributed by atoms with Gasteiger partial charge in [-0.3, -0.25) is 9.59 Å². The lowest BCUT2D eigenvalue weighted by Crippen LogP contribution is -2.77. The maximum absolute atomic E-state index is 16.4. The number of aromatic hydroxyl groups is 1. The molecule has 9 bridgehead atoms. The van der Waals surface area contributed by atoms with Gasteiger partial charge in [-0.15, -0.1) is 0 Å². The van der Waals surface area contributed by atoms with Crippen molar-refractivity contribution in [2.24, 2.45) is 69.0 Å². The summed E-state index contributed by atoms with van der Waals surface area (Å²) in [4.78, 5) is 32.4. The van der Waals surface area contributed by atoms with Crippen molar-refractivity contribution in [2.45, 2.75) is 210 Å². The Morgan fingerprint density at radius 1 is 0.882 bits per heavy atom. The molecule has 9 N–H and O–H groups in total. The van der Waals surface area contributed by atoms with E-state index in [0.29, 0.717) is 69.7 Å². The highest BCUT2D eigenvalue weighted by molar-refractivity contribution is 6.01. The zero-order valence-corrected chi connectivity index (χ0v) is 46.9. The number of allylic oxidation sites excluding steroid dienone is 2. The molecule has 0 aromatic heterocycles. The van der Waals surface area contributed by atoms with E-state index in [9.17, 15) is 25.5 Å². The highest BCUT2D eigenvalue weighted by Gasteiger charge is 2.81. The van der Waals surface area contributed by atoms with Gasteiger partial charge in [0.2, 0.25) is 0 Å². The predicted molar refractivity (Wildman–Crippen MR) is 295 cm³/mol. The van der Waals surface area contributed by atoms with Gasteiger partial charge in [0.05, 0.1) is 22.7 Å². The van der Waals surface area contributed by atoms with Crippen molar-refractivity contribution < 1.29 is 39.9 Å². The maximum atomic E-state index is 16.4. The number of hydrogen-bond donors (Lipinski definition) is 8. The highest BCUT2D eigenvalue weighted by atomic mass is 16.6. The molecule has 1 spiro atoms. The number of rotatable bonds is 10. The van der Waals surface area contributed by atoms with Crippen molar-refractivity contribution in [3.63, 3.8) is 0 Å². The Kier molecular flexibility index (Phi) is 13.2. The van der Waals surface area contributed by atoms with Crippen LogP contribution in [-0.4, -0.2) is 92.9 Å². The smallest absolute Gasteiger partial charge is 0.160 e. The van der Waals surface area contributed by atoms with E-state index in [1.807, 2.05) is 38.2 Å². The van der Waals surface area contributed by atoms with Crippen LogP contribution in [0.25, 0.3) is 0 Å². The summed E-state index contributed by atoms with van der Waals surface area (Å²) in [7, 11) is 1.91. The van der Waals surface area contributed by atoms with E-state index in [2.05, 4.69) is 56.5 Å². The summed E-state index contributed by atoms with van der Waals surface area (Å²) >= 11 is 0. The zero-order chi connectivity index (χ0) is 53.6. The van der Waals surface area contributed by atoms with Gasteiger partial charge in [0, 0.05) is 54.8 Å². The number of aliphatic hydroxyl groups excluding tert-OH is 3. The number of phenolic OH excluding ortho intramolecular Hbond substituents is 1. The number of carbonyl (C=O) groups is 2. The molecule has 416 valence electrons. The molecule has 2 aromatic rings. The molecule has 11 aliphatic rings. The molecule has 2 heterocycles. The topological polar surface area (TPSA) is 198 Å². The second-order valence-corrected chi connectivity index (χ2v) is 28.9. The van der Waals surface area contributed by atoms with Crippen LogP contribution in [0.4, 0.5) is 5.69 Å². The molecular weight excluding hydrogens is 951 g/mol. The molecular formula is C65H93N3O8. The van der Waals surface area contributed by atoms with Gasteiger partial charge in [0.25, 0.3) is 0 Å². The number of anilines is 1. The van der Waals surface area contributed by atoms with Gasteiger partial charge in [0.15, 0.2) is 5.78 Å². The number of hydrogen-bond acceptors (Lipinski definition) is 11. The molecule has 0 amide bonds. The van der Waals surface area contributed by atoms with Crippen LogP contribution in [-0.2, 0) is 26.3 Å². The quantitative estimate of drug-likeness (QED) is 0.0833. The minimum atomic E-state index is -0.969. The minimum absolute atomic E-state index is 0.00679. The van der Waals surface area contributed by atoms with Crippen LogP contribution in [0, 0.1) is 69.0 Å². The van der Waals surface area contributed by atoms with Gasteiger partial charge < -0.3 is 46.6 Å². The third-order valence-electron chi connectivity index (χ3n) is 24.9. The van der Waals surface area contributed by atoms with Crippen LogP contribution < -0.4 is 16.4 Å². The second kappa shape index (κ2) is 18.7. The van der Waals surface area contributed by atoms with Gasteiger partial charge in [-0.1, -0.05) is 63.8 Å². The first-order chi connectivity index (χ1) is 36.2. The monoisotopic (exact) mass is 1040 g/mol. The number of benzene rings is 2. The van der Waals surface area contributed by atoms with E-state index in [0.717, 1.165) is 106 Å². The Bertz CT molecular complexity index is 2650. The van der Waals surface area contributed by atoms with Crippen molar-refractivity contribution in [3.05, 3.63) is 70.3 Å². The molecule has 2 aliphatic heterocycles. The van der Waals surface area contributed by atoms with Crippen LogP contribution in [0.3, 0.4) is 0 Å². The Labute approximate surface area is 453 Å². The fourth-order valence-corrected chi connectivity index (χ4v) is 22.2. The van der Waals surface area contributed by atoms with Crippen molar-refractivity contribution in [1.29, 1.82) is 0 Å². The lowest BCUT2D eigenvalue weighted by molar-refractivity contribution is -0.244. The summed E-state index contributed by atoms with van der Waals surface area (Å²) in [5, 5.41) is 67.5. The van der Waals surface area contributed by atoms with Crippen molar-refractivity contribution in [3.8, 4) is 5.75 Å². The number of ketones is 2. The number of epoxide rings is 1. The maximum Gasteiger partial charge on any atom is 0.160 e. The SMILES string of the molecule is CNCc1cc(O)cc(C23CCC45CC67C(CO)CCC8CCC(CO)CC8C(CC(O)C8OC8(C)C8CCCC8c8cccc(N)c8)C8=C(CCC6C(C)(C2)C4C(C)(CCCCC(C)(O)CN5)C3=O)C7(C)CC8=O)c1. The number of Topliss-reactive ketones (excluding diaryl/α,β-unsaturated/α-hetero) is 2. The van der Waals surface area contributed by atoms with Crippen LogP contribution in [0.2, 0.25) is 0 Å². The van der Waals surface area contributed by atoms with Crippen molar-refractivity contribution in [2.75, 3.05) is 32.5 Å². The Balaban J connectivity index is 1.01. The first-order valence-corrected chi connectivity index (χ1v) is 30.4. The Morgan fingerprint density at radius 2 is 1.67 bits per heavy atom. The molecule has 2 saturated heterocycles. The van der Waals surface area contributed by atoms with E-state index in [1.165, 1.54) is 11.1 Å². The van der Waals surface area contributed by atoms with Crippen LogP contribution in [0.15, 0.2) is 53.6 Å². The fourth-order valence-electron chi connectivity index (χ4n) is 22.2. The summed E-state index contributed by atoms with van der Waals surface area (Å²) in [5.41, 5.74) is 7.09. The normalized spacial score (nSPS) is 47.2. The molecule has 19 atom stereocenters. The average molecular weight is 1040 g/mol. The molecule has 13 rings (SSSR count). The molecule has 11 nitrogen and oxygen atoms in total. The van der Waals surface area contributed by atoms with Crippen molar-refractivity contribution in [1.82, 2.24) is 10.6 Å². The summed E-state index contributed by atoms with van der Waals surface area (Å²) in [6, 6.07) is 14.2. The number of carbonyl (C=O) groups excluding carboxylic acids is 2. The third kappa shape index (κ3) is 7.77. The van der Waals surface area contributed by atoms with Crippen LogP contribution >= 0.6 is 0 Å². The summed E-state index contributed by atoms with van der Waals surface area (Å²) in [6.07, 6.45) is 14.5. The Hall–Kier alpha value is -3.16. The molecule has 0 radical (unpaired) electrons. The average Bonchev–Trinajstić information content (AvgIpc) is 3.94. The van der Waals surface area contributed by atoms with Gasteiger partial charge in [0.1, 0.15) is 17.6 Å². The molecule has 9 aliphatic carbocycles. The number of phenols is 1. The zero-order valence-electron chi connectivity index (χ0n) is 46.9. The second-order valence-electron chi connectivity index (χ2n) is 28.9. The van der Waals surface area contributed by atoms with Crippen LogP contribution in [0.5, 0.6) is 5.75 Å².